The van der Waals surface area contributed by atoms with Crippen molar-refractivity contribution >= 4 is 5.91 Å². The van der Waals surface area contributed by atoms with Gasteiger partial charge in [-0.05, 0) is 98.1 Å². The highest BCUT2D eigenvalue weighted by atomic mass is 19.4. The Hall–Kier alpha value is -2.58. The molecule has 0 spiro atoms. The lowest BCUT2D eigenvalue weighted by Gasteiger charge is -2.54. The topological polar surface area (TPSA) is 70.6 Å². The van der Waals surface area contributed by atoms with Gasteiger partial charge in [-0.1, -0.05) is 24.3 Å². The molecule has 0 heterocycles. The standard InChI is InChI=1S/C29H35F3N2O3/c30-29(31,32)23-7-5-18(6-8-23)14-34-28(36)25-3-1-2-4-27(25)37-17-24(35)15-33-16-26-21-10-19-9-20(12-21)13-22(26)11-19/h1-8,19-22,24,26,33,35H,9-17H2,(H,34,36). The van der Waals surface area contributed by atoms with Gasteiger partial charge in [0.15, 0.2) is 0 Å². The zero-order valence-corrected chi connectivity index (χ0v) is 20.8. The van der Waals surface area contributed by atoms with Gasteiger partial charge >= 0.3 is 6.18 Å². The lowest BCUT2D eigenvalue weighted by Crippen LogP contribution is -2.49. The monoisotopic (exact) mass is 516 g/mol. The highest BCUT2D eigenvalue weighted by molar-refractivity contribution is 5.96. The van der Waals surface area contributed by atoms with Crippen molar-refractivity contribution in [3.63, 3.8) is 0 Å². The predicted octanol–water partition coefficient (Wildman–Crippen LogP) is 5.04. The van der Waals surface area contributed by atoms with Gasteiger partial charge in [-0.25, -0.2) is 0 Å². The van der Waals surface area contributed by atoms with Gasteiger partial charge in [0, 0.05) is 13.1 Å². The Labute approximate surface area is 215 Å². The Kier molecular flexibility index (Phi) is 7.77. The number of carbonyl (C=O) groups excluding carboxylic acids is 1. The normalized spacial score (nSPS) is 27.2. The molecule has 37 heavy (non-hydrogen) atoms. The maximum atomic E-state index is 12.7. The summed E-state index contributed by atoms with van der Waals surface area (Å²) in [7, 11) is 0. The van der Waals surface area contributed by atoms with Crippen molar-refractivity contribution in [1.29, 1.82) is 0 Å². The maximum Gasteiger partial charge on any atom is 0.416 e. The van der Waals surface area contributed by atoms with E-state index in [1.165, 1.54) is 44.2 Å². The molecule has 2 aromatic rings. The van der Waals surface area contributed by atoms with Crippen LogP contribution in [-0.4, -0.2) is 36.8 Å². The zero-order chi connectivity index (χ0) is 26.0. The molecule has 5 nitrogen and oxygen atoms in total. The summed E-state index contributed by atoms with van der Waals surface area (Å²) < 4.78 is 44.0. The molecular formula is C29H35F3N2O3. The first-order valence-corrected chi connectivity index (χ1v) is 13.3. The average Bonchev–Trinajstić information content (AvgIpc) is 2.87. The van der Waals surface area contributed by atoms with Gasteiger partial charge in [0.1, 0.15) is 18.5 Å². The van der Waals surface area contributed by atoms with E-state index in [0.717, 1.165) is 48.3 Å². The molecule has 200 valence electrons. The SMILES string of the molecule is O=C(NCc1ccc(C(F)(F)F)cc1)c1ccccc1OCC(O)CNCC1C2CC3CC(C2)CC1C3. The molecule has 1 atom stereocenters. The molecule has 2 aromatic carbocycles. The van der Waals surface area contributed by atoms with Gasteiger partial charge in [0.25, 0.3) is 5.91 Å². The number of alkyl halides is 3. The van der Waals surface area contributed by atoms with Gasteiger partial charge in [0.2, 0.25) is 0 Å². The number of para-hydroxylation sites is 1. The summed E-state index contributed by atoms with van der Waals surface area (Å²) in [6.45, 7) is 1.51. The van der Waals surface area contributed by atoms with Crippen LogP contribution in [0.15, 0.2) is 48.5 Å². The van der Waals surface area contributed by atoms with Crippen LogP contribution >= 0.6 is 0 Å². The zero-order valence-electron chi connectivity index (χ0n) is 20.8. The van der Waals surface area contributed by atoms with Crippen LogP contribution in [0.2, 0.25) is 0 Å². The summed E-state index contributed by atoms with van der Waals surface area (Å²) in [5, 5.41) is 16.7. The van der Waals surface area contributed by atoms with E-state index in [9.17, 15) is 23.1 Å². The molecule has 4 aliphatic rings. The summed E-state index contributed by atoms with van der Waals surface area (Å²) in [4.78, 5) is 12.7. The largest absolute Gasteiger partial charge is 0.490 e. The number of rotatable bonds is 10. The van der Waals surface area contributed by atoms with Crippen molar-refractivity contribution in [3.8, 4) is 5.75 Å². The van der Waals surface area contributed by atoms with E-state index in [1.807, 2.05) is 0 Å². The predicted molar refractivity (Wildman–Crippen MR) is 134 cm³/mol. The molecule has 0 radical (unpaired) electrons. The van der Waals surface area contributed by atoms with E-state index in [1.54, 1.807) is 24.3 Å². The molecule has 1 amide bonds. The molecule has 6 rings (SSSR count). The Bertz CT molecular complexity index is 1040. The van der Waals surface area contributed by atoms with Crippen LogP contribution in [0.3, 0.4) is 0 Å². The fourth-order valence-corrected chi connectivity index (χ4v) is 6.90. The Morgan fingerprint density at radius 1 is 0.973 bits per heavy atom. The quantitative estimate of drug-likeness (QED) is 0.414. The number of carbonyl (C=O) groups is 1. The van der Waals surface area contributed by atoms with Crippen molar-refractivity contribution in [2.75, 3.05) is 19.7 Å². The lowest BCUT2D eigenvalue weighted by molar-refractivity contribution is -0.137. The van der Waals surface area contributed by atoms with Crippen LogP contribution in [0, 0.1) is 29.6 Å². The van der Waals surface area contributed by atoms with Crippen molar-refractivity contribution in [2.24, 2.45) is 29.6 Å². The minimum absolute atomic E-state index is 0.0534. The summed E-state index contributed by atoms with van der Waals surface area (Å²) in [6.07, 6.45) is 1.85. The van der Waals surface area contributed by atoms with E-state index in [-0.39, 0.29) is 13.2 Å². The third kappa shape index (κ3) is 6.29. The molecule has 4 fully saturated rings. The van der Waals surface area contributed by atoms with E-state index in [0.29, 0.717) is 23.4 Å². The number of hydrogen-bond donors (Lipinski definition) is 3. The minimum atomic E-state index is -4.40. The first-order valence-electron chi connectivity index (χ1n) is 13.3. The molecule has 8 heteroatoms. The molecule has 0 aromatic heterocycles. The molecule has 4 bridgehead atoms. The second-order valence-corrected chi connectivity index (χ2v) is 11.1. The number of amides is 1. The van der Waals surface area contributed by atoms with Crippen LogP contribution in [0.1, 0.15) is 53.6 Å². The number of ether oxygens (including phenoxy) is 1. The first kappa shape index (κ1) is 26.0. The second kappa shape index (κ2) is 11.0. The number of nitrogens with one attached hydrogen (secondary N) is 2. The van der Waals surface area contributed by atoms with Crippen molar-refractivity contribution in [1.82, 2.24) is 10.6 Å². The Balaban J connectivity index is 1.07. The molecule has 4 aliphatic carbocycles. The van der Waals surface area contributed by atoms with E-state index < -0.39 is 23.8 Å². The summed E-state index contributed by atoms with van der Waals surface area (Å²) in [6, 6.07) is 11.4. The smallest absolute Gasteiger partial charge is 0.416 e. The third-order valence-corrected chi connectivity index (χ3v) is 8.48. The third-order valence-electron chi connectivity index (χ3n) is 8.48. The van der Waals surface area contributed by atoms with Crippen LogP contribution in [-0.2, 0) is 12.7 Å². The number of hydrogen-bond acceptors (Lipinski definition) is 4. The van der Waals surface area contributed by atoms with Crippen molar-refractivity contribution in [3.05, 3.63) is 65.2 Å². The van der Waals surface area contributed by atoms with E-state index in [2.05, 4.69) is 10.6 Å². The van der Waals surface area contributed by atoms with Crippen molar-refractivity contribution < 1.29 is 27.8 Å². The van der Waals surface area contributed by atoms with Gasteiger partial charge in [-0.3, -0.25) is 4.79 Å². The maximum absolute atomic E-state index is 12.7. The van der Waals surface area contributed by atoms with Crippen molar-refractivity contribution in [2.45, 2.75) is 50.9 Å². The van der Waals surface area contributed by atoms with Crippen LogP contribution in [0.4, 0.5) is 13.2 Å². The Morgan fingerprint density at radius 2 is 1.62 bits per heavy atom. The molecule has 3 N–H and O–H groups in total. The summed E-state index contributed by atoms with van der Waals surface area (Å²) in [5.74, 6) is 4.25. The summed E-state index contributed by atoms with van der Waals surface area (Å²) in [5.41, 5.74) is 0.135. The average molecular weight is 517 g/mol. The molecule has 4 saturated carbocycles. The van der Waals surface area contributed by atoms with Crippen LogP contribution in [0.25, 0.3) is 0 Å². The highest BCUT2D eigenvalue weighted by Crippen LogP contribution is 2.56. The molecular weight excluding hydrogens is 481 g/mol. The van der Waals surface area contributed by atoms with E-state index in [4.69, 9.17) is 4.74 Å². The van der Waals surface area contributed by atoms with Crippen LogP contribution < -0.4 is 15.4 Å². The number of aliphatic hydroxyl groups is 1. The van der Waals surface area contributed by atoms with Gasteiger partial charge in [0.05, 0.1) is 11.1 Å². The van der Waals surface area contributed by atoms with Crippen LogP contribution in [0.5, 0.6) is 5.75 Å². The second-order valence-electron chi connectivity index (χ2n) is 11.1. The first-order chi connectivity index (χ1) is 17.8. The van der Waals surface area contributed by atoms with Gasteiger partial charge in [-0.15, -0.1) is 0 Å². The molecule has 0 aliphatic heterocycles. The number of benzene rings is 2. The fourth-order valence-electron chi connectivity index (χ4n) is 6.90. The molecule has 0 saturated heterocycles. The lowest BCUT2D eigenvalue weighted by atomic mass is 9.52. The number of halogens is 3. The summed E-state index contributed by atoms with van der Waals surface area (Å²) >= 11 is 0. The Morgan fingerprint density at radius 3 is 2.27 bits per heavy atom. The number of aliphatic hydroxyl groups excluding tert-OH is 1. The highest BCUT2D eigenvalue weighted by Gasteiger charge is 2.47. The van der Waals surface area contributed by atoms with E-state index >= 15 is 0 Å². The minimum Gasteiger partial charge on any atom is -0.490 e. The van der Waals surface area contributed by atoms with Gasteiger partial charge in [-0.2, -0.15) is 13.2 Å². The molecule has 1 unspecified atom stereocenters. The van der Waals surface area contributed by atoms with Gasteiger partial charge < -0.3 is 20.5 Å². The fraction of sp³-hybridized carbons (Fsp3) is 0.552.